The molecule has 0 aliphatic carbocycles. The average Bonchev–Trinajstić information content (AvgIpc) is 2.46. The summed E-state index contributed by atoms with van der Waals surface area (Å²) in [5, 5.41) is 9.45. The smallest absolute Gasteiger partial charge is 0.411 e. The van der Waals surface area contributed by atoms with Crippen LogP contribution in [-0.2, 0) is 16.1 Å². The molecule has 1 aliphatic rings. The zero-order chi connectivity index (χ0) is 17.0. The minimum Gasteiger partial charge on any atom is -0.480 e. The molecule has 7 nitrogen and oxygen atoms in total. The lowest BCUT2D eigenvalue weighted by molar-refractivity contribution is -0.145. The van der Waals surface area contributed by atoms with Gasteiger partial charge in [-0.25, -0.2) is 9.59 Å². The van der Waals surface area contributed by atoms with Gasteiger partial charge in [-0.05, 0) is 32.4 Å². The molecule has 1 aromatic heterocycles. The largest absolute Gasteiger partial charge is 0.480 e. The van der Waals surface area contributed by atoms with E-state index in [2.05, 4.69) is 4.98 Å². The van der Waals surface area contributed by atoms with Crippen molar-refractivity contribution in [1.82, 2.24) is 14.8 Å². The first-order chi connectivity index (χ1) is 10.8. The van der Waals surface area contributed by atoms with Crippen LogP contribution in [0.5, 0.6) is 0 Å². The molecule has 1 amide bonds. The molecule has 1 aromatic rings. The molecular weight excluding hydrogens is 298 g/mol. The molecule has 0 spiro atoms. The second-order valence-electron chi connectivity index (χ2n) is 6.62. The molecular formula is C16H23N3O4. The van der Waals surface area contributed by atoms with E-state index in [0.717, 1.165) is 5.56 Å². The number of hydrogen-bond acceptors (Lipinski definition) is 5. The van der Waals surface area contributed by atoms with Crippen LogP contribution in [0, 0.1) is 0 Å². The van der Waals surface area contributed by atoms with Gasteiger partial charge in [0, 0.05) is 38.6 Å². The highest BCUT2D eigenvalue weighted by Gasteiger charge is 2.37. The Labute approximate surface area is 135 Å². The van der Waals surface area contributed by atoms with E-state index in [0.29, 0.717) is 19.6 Å². The number of carbonyl (C=O) groups excluding carboxylic acids is 1. The van der Waals surface area contributed by atoms with Crippen molar-refractivity contribution in [3.8, 4) is 0 Å². The maximum Gasteiger partial charge on any atom is 0.411 e. The fourth-order valence-corrected chi connectivity index (χ4v) is 2.48. The summed E-state index contributed by atoms with van der Waals surface area (Å²) in [6.07, 6.45) is 2.88. The first-order valence-electron chi connectivity index (χ1n) is 7.60. The number of aromatic nitrogens is 1. The first-order valence-corrected chi connectivity index (χ1v) is 7.60. The molecule has 2 rings (SSSR count). The van der Waals surface area contributed by atoms with E-state index in [1.807, 2.05) is 17.0 Å². The summed E-state index contributed by atoms with van der Waals surface area (Å²) in [6, 6.07) is 2.89. The number of hydrogen-bond donors (Lipinski definition) is 1. The van der Waals surface area contributed by atoms with E-state index < -0.39 is 23.7 Å². The maximum atomic E-state index is 12.2. The summed E-state index contributed by atoms with van der Waals surface area (Å²) in [6.45, 7) is 7.09. The predicted octanol–water partition coefficient (Wildman–Crippen LogP) is 1.59. The molecule has 1 N–H and O–H groups in total. The van der Waals surface area contributed by atoms with Crippen molar-refractivity contribution < 1.29 is 19.4 Å². The van der Waals surface area contributed by atoms with Crippen molar-refractivity contribution >= 4 is 12.1 Å². The van der Waals surface area contributed by atoms with E-state index in [4.69, 9.17) is 4.74 Å². The van der Waals surface area contributed by atoms with Crippen molar-refractivity contribution in [2.24, 2.45) is 0 Å². The van der Waals surface area contributed by atoms with Crippen LogP contribution >= 0.6 is 0 Å². The summed E-state index contributed by atoms with van der Waals surface area (Å²) in [5.74, 6) is -1.02. The zero-order valence-corrected chi connectivity index (χ0v) is 13.7. The number of piperazine rings is 1. The number of carbonyl (C=O) groups is 2. The monoisotopic (exact) mass is 321 g/mol. The lowest BCUT2D eigenvalue weighted by Crippen LogP contribution is -2.58. The molecule has 1 saturated heterocycles. The molecule has 0 saturated carbocycles. The Morgan fingerprint density at radius 2 is 2.13 bits per heavy atom. The van der Waals surface area contributed by atoms with Gasteiger partial charge < -0.3 is 9.84 Å². The molecule has 126 valence electrons. The van der Waals surface area contributed by atoms with Gasteiger partial charge in [-0.1, -0.05) is 6.07 Å². The van der Waals surface area contributed by atoms with Gasteiger partial charge >= 0.3 is 12.1 Å². The standard InChI is InChI=1S/C16H23N3O4/c1-16(2,3)23-15(22)19-8-7-18(11-13(19)14(20)21)10-12-5-4-6-17-9-12/h4-6,9,13H,7-8,10-11H2,1-3H3,(H,20,21)/t13-/m1/s1. The van der Waals surface area contributed by atoms with Crippen LogP contribution < -0.4 is 0 Å². The van der Waals surface area contributed by atoms with Crippen molar-refractivity contribution in [3.63, 3.8) is 0 Å². The molecule has 0 unspecified atom stereocenters. The second kappa shape index (κ2) is 6.95. The van der Waals surface area contributed by atoms with Crippen LogP contribution in [0.2, 0.25) is 0 Å². The van der Waals surface area contributed by atoms with Crippen LogP contribution in [0.4, 0.5) is 4.79 Å². The lowest BCUT2D eigenvalue weighted by atomic mass is 10.1. The van der Waals surface area contributed by atoms with Gasteiger partial charge in [0.15, 0.2) is 0 Å². The number of pyridine rings is 1. The number of amides is 1. The Kier molecular flexibility index (Phi) is 5.20. The highest BCUT2D eigenvalue weighted by Crippen LogP contribution is 2.17. The summed E-state index contributed by atoms with van der Waals surface area (Å²) in [7, 11) is 0. The highest BCUT2D eigenvalue weighted by atomic mass is 16.6. The van der Waals surface area contributed by atoms with E-state index in [9.17, 15) is 14.7 Å². The third kappa shape index (κ3) is 4.92. The van der Waals surface area contributed by atoms with Crippen LogP contribution in [0.3, 0.4) is 0 Å². The molecule has 0 bridgehead atoms. The van der Waals surface area contributed by atoms with Gasteiger partial charge in [-0.2, -0.15) is 0 Å². The molecule has 1 atom stereocenters. The SMILES string of the molecule is CC(C)(C)OC(=O)N1CCN(Cc2cccnc2)C[C@@H]1C(=O)O. The van der Waals surface area contributed by atoms with Crippen molar-refractivity contribution in [3.05, 3.63) is 30.1 Å². The molecule has 2 heterocycles. The zero-order valence-electron chi connectivity index (χ0n) is 13.7. The van der Waals surface area contributed by atoms with Crippen LogP contribution in [0.1, 0.15) is 26.3 Å². The molecule has 0 aromatic carbocycles. The van der Waals surface area contributed by atoms with Crippen molar-refractivity contribution in [1.29, 1.82) is 0 Å². The van der Waals surface area contributed by atoms with Gasteiger partial charge in [-0.3, -0.25) is 14.8 Å². The third-order valence-electron chi connectivity index (χ3n) is 3.51. The Bertz CT molecular complexity index is 556. The van der Waals surface area contributed by atoms with Gasteiger partial charge in [-0.15, -0.1) is 0 Å². The van der Waals surface area contributed by atoms with Crippen LogP contribution in [-0.4, -0.2) is 63.2 Å². The Hall–Kier alpha value is -2.15. The van der Waals surface area contributed by atoms with E-state index >= 15 is 0 Å². The Morgan fingerprint density at radius 3 is 2.70 bits per heavy atom. The molecule has 1 fully saturated rings. The van der Waals surface area contributed by atoms with Gasteiger partial charge in [0.05, 0.1) is 0 Å². The molecule has 23 heavy (non-hydrogen) atoms. The summed E-state index contributed by atoms with van der Waals surface area (Å²) < 4.78 is 5.31. The topological polar surface area (TPSA) is 83.0 Å². The highest BCUT2D eigenvalue weighted by molar-refractivity contribution is 5.80. The van der Waals surface area contributed by atoms with Gasteiger partial charge in [0.25, 0.3) is 0 Å². The lowest BCUT2D eigenvalue weighted by Gasteiger charge is -2.39. The third-order valence-corrected chi connectivity index (χ3v) is 3.51. The van der Waals surface area contributed by atoms with E-state index in [1.165, 1.54) is 4.90 Å². The minimum absolute atomic E-state index is 0.267. The summed E-state index contributed by atoms with van der Waals surface area (Å²) >= 11 is 0. The second-order valence-corrected chi connectivity index (χ2v) is 6.62. The molecule has 0 radical (unpaired) electrons. The van der Waals surface area contributed by atoms with Gasteiger partial charge in [0.1, 0.15) is 11.6 Å². The number of ether oxygens (including phenoxy) is 1. The summed E-state index contributed by atoms with van der Waals surface area (Å²) in [4.78, 5) is 31.1. The van der Waals surface area contributed by atoms with Crippen molar-refractivity contribution in [2.75, 3.05) is 19.6 Å². The summed E-state index contributed by atoms with van der Waals surface area (Å²) in [5.41, 5.74) is 0.370. The first kappa shape index (κ1) is 17.2. The average molecular weight is 321 g/mol. The van der Waals surface area contributed by atoms with Crippen LogP contribution in [0.25, 0.3) is 0 Å². The minimum atomic E-state index is -1.02. The fraction of sp³-hybridized carbons (Fsp3) is 0.562. The molecule has 1 aliphatic heterocycles. The Morgan fingerprint density at radius 1 is 1.39 bits per heavy atom. The number of carboxylic acid groups (broad SMARTS) is 1. The number of aliphatic carboxylic acids is 1. The fourth-order valence-electron chi connectivity index (χ4n) is 2.48. The normalized spacial score (nSPS) is 19.4. The molecule has 7 heteroatoms. The quantitative estimate of drug-likeness (QED) is 0.910. The number of rotatable bonds is 3. The van der Waals surface area contributed by atoms with E-state index in [-0.39, 0.29) is 6.54 Å². The maximum absolute atomic E-state index is 12.2. The van der Waals surface area contributed by atoms with E-state index in [1.54, 1.807) is 33.2 Å². The van der Waals surface area contributed by atoms with Crippen molar-refractivity contribution in [2.45, 2.75) is 39.0 Å². The van der Waals surface area contributed by atoms with Gasteiger partial charge in [0.2, 0.25) is 0 Å². The Balaban J connectivity index is 2.03. The number of nitrogens with zero attached hydrogens (tertiary/aromatic N) is 3. The van der Waals surface area contributed by atoms with Crippen LogP contribution in [0.15, 0.2) is 24.5 Å². The predicted molar refractivity (Wildman–Crippen MR) is 83.9 cm³/mol. The number of carboxylic acids is 1.